The predicted octanol–water partition coefficient (Wildman–Crippen LogP) is 13.1. The Morgan fingerprint density at radius 3 is 1.36 bits per heavy atom. The fraction of sp³-hybridized carbons (Fsp3) is 0.571. The van der Waals surface area contributed by atoms with Crippen LogP contribution in [0.2, 0.25) is 0 Å². The normalized spacial score (nSPS) is 15.5. The maximum absolute atomic E-state index is 5.52. The van der Waals surface area contributed by atoms with Gasteiger partial charge in [-0.1, -0.05) is 106 Å². The van der Waals surface area contributed by atoms with Crippen LogP contribution in [0.4, 0.5) is 0 Å². The Bertz CT molecular complexity index is 1080. The zero-order valence-corrected chi connectivity index (χ0v) is 30.8. The molecule has 0 N–H and O–H groups in total. The van der Waals surface area contributed by atoms with E-state index in [1.165, 1.54) is 46.3 Å². The molecule has 0 aliphatic rings. The SMILES string of the molecule is COC(C)(C)CCC/C(C)=C/C=C/C(C)=C/C=C/C(C)=C/C=C/C=C(\C)CC/C=C(\C)CC/C=C(\C)CCCC(C)(C)OC. The molecule has 0 saturated heterocycles. The van der Waals surface area contributed by atoms with Gasteiger partial charge in [-0.25, -0.2) is 0 Å². The van der Waals surface area contributed by atoms with Crippen molar-refractivity contribution < 1.29 is 9.47 Å². The van der Waals surface area contributed by atoms with E-state index >= 15 is 0 Å². The Hall–Kier alpha value is -2.42. The van der Waals surface area contributed by atoms with Gasteiger partial charge in [-0.3, -0.25) is 0 Å². The molecule has 0 radical (unpaired) electrons. The van der Waals surface area contributed by atoms with Crippen molar-refractivity contribution in [3.05, 3.63) is 106 Å². The molecule has 0 aromatic heterocycles. The van der Waals surface area contributed by atoms with Gasteiger partial charge >= 0.3 is 0 Å². The largest absolute Gasteiger partial charge is 0.379 e. The van der Waals surface area contributed by atoms with Gasteiger partial charge in [0.2, 0.25) is 0 Å². The third-order valence-electron chi connectivity index (χ3n) is 8.18. The van der Waals surface area contributed by atoms with Gasteiger partial charge in [0.1, 0.15) is 0 Å². The van der Waals surface area contributed by atoms with Crippen LogP contribution < -0.4 is 0 Å². The zero-order valence-electron chi connectivity index (χ0n) is 30.8. The Balaban J connectivity index is 4.47. The molecule has 2 nitrogen and oxygen atoms in total. The lowest BCUT2D eigenvalue weighted by Gasteiger charge is -2.22. The molecule has 0 rings (SSSR count). The number of hydrogen-bond donors (Lipinski definition) is 0. The first-order valence-electron chi connectivity index (χ1n) is 16.8. The third-order valence-corrected chi connectivity index (χ3v) is 8.18. The Kier molecular flexibility index (Phi) is 22.6. The summed E-state index contributed by atoms with van der Waals surface area (Å²) < 4.78 is 11.0. The molecule has 0 spiro atoms. The molecule has 44 heavy (non-hydrogen) atoms. The lowest BCUT2D eigenvalue weighted by Crippen LogP contribution is -2.21. The summed E-state index contributed by atoms with van der Waals surface area (Å²) in [5, 5.41) is 0. The van der Waals surface area contributed by atoms with Gasteiger partial charge in [0, 0.05) is 14.2 Å². The van der Waals surface area contributed by atoms with Crippen molar-refractivity contribution in [3.8, 4) is 0 Å². The maximum atomic E-state index is 5.52. The highest BCUT2D eigenvalue weighted by Gasteiger charge is 2.15. The molecule has 0 amide bonds. The molecule has 248 valence electrons. The summed E-state index contributed by atoms with van der Waals surface area (Å²) in [6.45, 7) is 21.9. The zero-order chi connectivity index (χ0) is 33.4. The van der Waals surface area contributed by atoms with E-state index in [1.807, 2.05) is 0 Å². The summed E-state index contributed by atoms with van der Waals surface area (Å²) in [6, 6.07) is 0. The van der Waals surface area contributed by atoms with Crippen molar-refractivity contribution in [2.24, 2.45) is 0 Å². The predicted molar refractivity (Wildman–Crippen MR) is 198 cm³/mol. The highest BCUT2D eigenvalue weighted by molar-refractivity contribution is 5.30. The lowest BCUT2D eigenvalue weighted by atomic mass is 9.98. The molecule has 0 atom stereocenters. The van der Waals surface area contributed by atoms with Gasteiger partial charge in [-0.2, -0.15) is 0 Å². The smallest absolute Gasteiger partial charge is 0.0622 e. The Labute approximate surface area is 274 Å². The first kappa shape index (κ1) is 41.6. The third kappa shape index (κ3) is 25.0. The molecule has 0 fully saturated rings. The second kappa shape index (κ2) is 23.9. The minimum atomic E-state index is -0.0306. The molecule has 0 aromatic rings. The Morgan fingerprint density at radius 2 is 0.841 bits per heavy atom. The second-order valence-corrected chi connectivity index (χ2v) is 13.8. The summed E-state index contributed by atoms with van der Waals surface area (Å²) in [5.74, 6) is 0. The fourth-order valence-corrected chi connectivity index (χ4v) is 4.51. The molecule has 0 heterocycles. The van der Waals surface area contributed by atoms with Crippen LogP contribution in [0.25, 0.3) is 0 Å². The molecule has 0 bridgehead atoms. The van der Waals surface area contributed by atoms with Gasteiger partial charge < -0.3 is 9.47 Å². The van der Waals surface area contributed by atoms with E-state index in [2.05, 4.69) is 142 Å². The maximum Gasteiger partial charge on any atom is 0.0622 e. The molecular weight excluding hydrogens is 536 g/mol. The summed E-state index contributed by atoms with van der Waals surface area (Å²) in [5.41, 5.74) is 8.24. The van der Waals surface area contributed by atoms with E-state index in [0.29, 0.717) is 0 Å². The summed E-state index contributed by atoms with van der Waals surface area (Å²) in [7, 11) is 3.60. The van der Waals surface area contributed by atoms with Crippen LogP contribution in [-0.4, -0.2) is 25.4 Å². The van der Waals surface area contributed by atoms with Crippen molar-refractivity contribution in [1.29, 1.82) is 0 Å². The van der Waals surface area contributed by atoms with Crippen LogP contribution in [0.15, 0.2) is 106 Å². The number of rotatable bonds is 22. The summed E-state index contributed by atoms with van der Waals surface area (Å²) in [6.07, 6.45) is 37.8. The van der Waals surface area contributed by atoms with E-state index in [4.69, 9.17) is 9.47 Å². The Morgan fingerprint density at radius 1 is 0.477 bits per heavy atom. The van der Waals surface area contributed by atoms with Crippen molar-refractivity contribution in [2.45, 2.75) is 145 Å². The van der Waals surface area contributed by atoms with E-state index in [9.17, 15) is 0 Å². The highest BCUT2D eigenvalue weighted by atomic mass is 16.5. The van der Waals surface area contributed by atoms with Crippen LogP contribution in [0.3, 0.4) is 0 Å². The first-order chi connectivity index (χ1) is 20.7. The molecule has 0 aliphatic heterocycles. The quantitative estimate of drug-likeness (QED) is 0.0904. The lowest BCUT2D eigenvalue weighted by molar-refractivity contribution is 0.0137. The summed E-state index contributed by atoms with van der Waals surface area (Å²) in [4.78, 5) is 0. The van der Waals surface area contributed by atoms with Crippen LogP contribution in [0.5, 0.6) is 0 Å². The van der Waals surface area contributed by atoms with Crippen molar-refractivity contribution in [1.82, 2.24) is 0 Å². The first-order valence-corrected chi connectivity index (χ1v) is 16.8. The molecule has 0 unspecified atom stereocenters. The van der Waals surface area contributed by atoms with Gasteiger partial charge in [0.25, 0.3) is 0 Å². The minimum Gasteiger partial charge on any atom is -0.379 e. The van der Waals surface area contributed by atoms with Crippen LogP contribution in [0.1, 0.15) is 133 Å². The van der Waals surface area contributed by atoms with Gasteiger partial charge in [-0.05, 0) is 133 Å². The summed E-state index contributed by atoms with van der Waals surface area (Å²) >= 11 is 0. The highest BCUT2D eigenvalue weighted by Crippen LogP contribution is 2.20. The van der Waals surface area contributed by atoms with Gasteiger partial charge in [0.15, 0.2) is 0 Å². The molecule has 0 aliphatic carbocycles. The second-order valence-electron chi connectivity index (χ2n) is 13.8. The molecule has 2 heteroatoms. The fourth-order valence-electron chi connectivity index (χ4n) is 4.51. The van der Waals surface area contributed by atoms with Gasteiger partial charge in [-0.15, -0.1) is 0 Å². The standard InChI is InChI=1S/C42H68O2/c1-35(23-15-25-37(3)27-17-29-39(5)31-19-33-41(7,8)43-11)21-13-14-22-36(2)24-16-26-38(4)28-18-30-40(6)32-20-34-42(9,10)44-12/h13-15,17,21-23,25-27,29-30H,16,18-20,24,28,31-34H2,1-12H3/b14-13+,23-15+,27-17+,35-21+,36-22+,37-25+,38-26+,39-29+,40-30+. The topological polar surface area (TPSA) is 18.5 Å². The number of methoxy groups -OCH3 is 2. The van der Waals surface area contributed by atoms with Crippen LogP contribution in [-0.2, 0) is 9.47 Å². The monoisotopic (exact) mass is 605 g/mol. The number of allylic oxidation sites excluding steroid dienone is 18. The van der Waals surface area contributed by atoms with E-state index in [0.717, 1.165) is 51.4 Å². The van der Waals surface area contributed by atoms with Crippen molar-refractivity contribution >= 4 is 0 Å². The molecule has 0 saturated carbocycles. The van der Waals surface area contributed by atoms with Crippen LogP contribution in [0, 0.1) is 0 Å². The number of hydrogen-bond acceptors (Lipinski definition) is 2. The average Bonchev–Trinajstić information content (AvgIpc) is 2.95. The average molecular weight is 605 g/mol. The molecule has 0 aromatic carbocycles. The van der Waals surface area contributed by atoms with E-state index < -0.39 is 0 Å². The van der Waals surface area contributed by atoms with Crippen molar-refractivity contribution in [2.75, 3.05) is 14.2 Å². The molecular formula is C42H68O2. The van der Waals surface area contributed by atoms with Crippen LogP contribution >= 0.6 is 0 Å². The van der Waals surface area contributed by atoms with E-state index in [1.54, 1.807) is 14.2 Å². The van der Waals surface area contributed by atoms with Gasteiger partial charge in [0.05, 0.1) is 11.2 Å². The van der Waals surface area contributed by atoms with Crippen molar-refractivity contribution in [3.63, 3.8) is 0 Å². The van der Waals surface area contributed by atoms with E-state index in [-0.39, 0.29) is 11.2 Å². The number of ether oxygens (including phenoxy) is 2. The minimum absolute atomic E-state index is 0.00945.